The van der Waals surface area contributed by atoms with E-state index in [0.29, 0.717) is 19.1 Å². The van der Waals surface area contributed by atoms with Crippen LogP contribution in [0.4, 0.5) is 5.69 Å². The second-order valence-corrected chi connectivity index (χ2v) is 7.76. The van der Waals surface area contributed by atoms with Gasteiger partial charge in [-0.25, -0.2) is 0 Å². The molecule has 3 rings (SSSR count). The summed E-state index contributed by atoms with van der Waals surface area (Å²) in [5.41, 5.74) is 8.01. The van der Waals surface area contributed by atoms with E-state index in [1.54, 1.807) is 0 Å². The van der Waals surface area contributed by atoms with E-state index >= 15 is 0 Å². The van der Waals surface area contributed by atoms with E-state index in [2.05, 4.69) is 5.32 Å². The van der Waals surface area contributed by atoms with Crippen LogP contribution >= 0.6 is 12.4 Å². The Morgan fingerprint density at radius 3 is 2.63 bits per heavy atom. The lowest BCUT2D eigenvalue weighted by molar-refractivity contribution is -0.119. The van der Waals surface area contributed by atoms with Gasteiger partial charge in [0.2, 0.25) is 5.91 Å². The van der Waals surface area contributed by atoms with E-state index in [9.17, 15) is 4.79 Å². The summed E-state index contributed by atoms with van der Waals surface area (Å²) < 4.78 is 11.4. The van der Waals surface area contributed by atoms with Crippen molar-refractivity contribution in [3.63, 3.8) is 0 Å². The third-order valence-corrected chi connectivity index (χ3v) is 5.73. The van der Waals surface area contributed by atoms with Crippen molar-refractivity contribution in [3.05, 3.63) is 23.8 Å². The van der Waals surface area contributed by atoms with Crippen LogP contribution in [0.2, 0.25) is 0 Å². The van der Waals surface area contributed by atoms with Gasteiger partial charge in [-0.3, -0.25) is 4.79 Å². The molecule has 1 saturated carbocycles. The zero-order valence-corrected chi connectivity index (χ0v) is 17.1. The number of nitrogens with one attached hydrogen (secondary N) is 1. The van der Waals surface area contributed by atoms with Gasteiger partial charge in [-0.05, 0) is 56.1 Å². The first-order valence-electron chi connectivity index (χ1n) is 10.0. The summed E-state index contributed by atoms with van der Waals surface area (Å²) in [7, 11) is 0. The Hall–Kier alpha value is -1.30. The van der Waals surface area contributed by atoms with Crippen LogP contribution in [0.25, 0.3) is 0 Å². The van der Waals surface area contributed by atoms with Gasteiger partial charge in [0.15, 0.2) is 0 Å². The highest BCUT2D eigenvalue weighted by molar-refractivity contribution is 5.95. The number of halogens is 1. The molecule has 1 atom stereocenters. The van der Waals surface area contributed by atoms with Gasteiger partial charge in [0, 0.05) is 25.0 Å². The molecule has 1 amide bonds. The molecule has 2 aliphatic rings. The molecular weight excluding hydrogens is 364 g/mol. The quantitative estimate of drug-likeness (QED) is 0.760. The van der Waals surface area contributed by atoms with Crippen LogP contribution in [0.5, 0.6) is 5.75 Å². The number of nitrogens with two attached hydrogens (primary N) is 1. The highest BCUT2D eigenvalue weighted by Crippen LogP contribution is 2.28. The number of carbonyl (C=O) groups excluding carboxylic acids is 1. The smallest absolute Gasteiger partial charge is 0.241 e. The highest BCUT2D eigenvalue weighted by atomic mass is 35.5. The summed E-state index contributed by atoms with van der Waals surface area (Å²) in [6, 6.07) is 5.34. The van der Waals surface area contributed by atoms with E-state index in [4.69, 9.17) is 15.2 Å². The van der Waals surface area contributed by atoms with Crippen LogP contribution in [0, 0.1) is 18.8 Å². The van der Waals surface area contributed by atoms with Crippen molar-refractivity contribution in [1.29, 1.82) is 0 Å². The zero-order chi connectivity index (χ0) is 18.4. The SMILES string of the molecule is Cc1ccc(NC(=O)C(N)C2CCOCC2)cc1OCC1CCCCC1.Cl. The summed E-state index contributed by atoms with van der Waals surface area (Å²) in [5.74, 6) is 1.58. The molecule has 5 nitrogen and oxygen atoms in total. The minimum atomic E-state index is -0.494. The van der Waals surface area contributed by atoms with Crippen LogP contribution < -0.4 is 15.8 Å². The maximum absolute atomic E-state index is 12.5. The minimum Gasteiger partial charge on any atom is -0.493 e. The molecule has 2 fully saturated rings. The van der Waals surface area contributed by atoms with Gasteiger partial charge in [0.25, 0.3) is 0 Å². The topological polar surface area (TPSA) is 73.6 Å². The number of aryl methyl sites for hydroxylation is 1. The fourth-order valence-corrected chi connectivity index (χ4v) is 3.91. The lowest BCUT2D eigenvalue weighted by Crippen LogP contribution is -2.44. The Bertz CT molecular complexity index is 599. The molecule has 0 radical (unpaired) electrons. The fourth-order valence-electron chi connectivity index (χ4n) is 3.91. The first-order valence-corrected chi connectivity index (χ1v) is 10.0. The zero-order valence-electron chi connectivity index (χ0n) is 16.2. The molecule has 1 heterocycles. The molecule has 3 N–H and O–H groups in total. The average molecular weight is 397 g/mol. The monoisotopic (exact) mass is 396 g/mol. The van der Waals surface area contributed by atoms with Gasteiger partial charge < -0.3 is 20.5 Å². The largest absolute Gasteiger partial charge is 0.493 e. The van der Waals surface area contributed by atoms with Crippen LogP contribution in [-0.4, -0.2) is 31.8 Å². The summed E-state index contributed by atoms with van der Waals surface area (Å²) in [5, 5.41) is 2.96. The number of ether oxygens (including phenoxy) is 2. The molecule has 1 saturated heterocycles. The predicted molar refractivity (Wildman–Crippen MR) is 111 cm³/mol. The Morgan fingerprint density at radius 1 is 1.22 bits per heavy atom. The highest BCUT2D eigenvalue weighted by Gasteiger charge is 2.26. The van der Waals surface area contributed by atoms with Crippen molar-refractivity contribution in [2.24, 2.45) is 17.6 Å². The Balaban J connectivity index is 0.00000261. The minimum absolute atomic E-state index is 0. The lowest BCUT2D eigenvalue weighted by atomic mass is 9.90. The maximum Gasteiger partial charge on any atom is 0.241 e. The number of anilines is 1. The molecule has 152 valence electrons. The first kappa shape index (κ1) is 22.0. The van der Waals surface area contributed by atoms with Crippen molar-refractivity contribution < 1.29 is 14.3 Å². The average Bonchev–Trinajstić information content (AvgIpc) is 2.69. The van der Waals surface area contributed by atoms with E-state index in [1.165, 1.54) is 32.1 Å². The predicted octanol–water partition coefficient (Wildman–Crippen LogP) is 4.07. The lowest BCUT2D eigenvalue weighted by Gasteiger charge is -2.27. The first-order chi connectivity index (χ1) is 12.6. The molecule has 1 unspecified atom stereocenters. The molecule has 1 aromatic carbocycles. The maximum atomic E-state index is 12.5. The summed E-state index contributed by atoms with van der Waals surface area (Å²) in [6.07, 6.45) is 8.19. The fraction of sp³-hybridized carbons (Fsp3) is 0.667. The standard InChI is InChI=1S/C21H32N2O3.ClH/c1-15-7-8-18(13-19(15)26-14-16-5-3-2-4-6-16)23-21(24)20(22)17-9-11-25-12-10-17;/h7-8,13,16-17,20H,2-6,9-12,14,22H2,1H3,(H,23,24);1H. The van der Waals surface area contributed by atoms with Crippen LogP contribution in [-0.2, 0) is 9.53 Å². The van der Waals surface area contributed by atoms with E-state index in [1.807, 2.05) is 25.1 Å². The van der Waals surface area contributed by atoms with Gasteiger partial charge in [-0.1, -0.05) is 25.3 Å². The number of carbonyl (C=O) groups is 1. The van der Waals surface area contributed by atoms with E-state index < -0.39 is 6.04 Å². The Morgan fingerprint density at radius 2 is 1.93 bits per heavy atom. The van der Waals surface area contributed by atoms with Gasteiger partial charge >= 0.3 is 0 Å². The molecule has 27 heavy (non-hydrogen) atoms. The second kappa shape index (κ2) is 10.9. The molecular formula is C21H33ClN2O3. The number of benzene rings is 1. The Labute approximate surface area is 168 Å². The second-order valence-electron chi connectivity index (χ2n) is 7.76. The number of hydrogen-bond donors (Lipinski definition) is 2. The third-order valence-electron chi connectivity index (χ3n) is 5.73. The van der Waals surface area contributed by atoms with Gasteiger partial charge in [0.05, 0.1) is 12.6 Å². The van der Waals surface area contributed by atoms with Gasteiger partial charge in [0.1, 0.15) is 5.75 Å². The number of hydrogen-bond acceptors (Lipinski definition) is 4. The molecule has 1 aliphatic carbocycles. The van der Waals surface area contributed by atoms with Crippen LogP contribution in [0.3, 0.4) is 0 Å². The molecule has 0 bridgehead atoms. The van der Waals surface area contributed by atoms with E-state index in [-0.39, 0.29) is 24.2 Å². The van der Waals surface area contributed by atoms with Crippen molar-refractivity contribution >= 4 is 24.0 Å². The van der Waals surface area contributed by atoms with E-state index in [0.717, 1.165) is 36.4 Å². The number of amides is 1. The third kappa shape index (κ3) is 6.37. The normalized spacial score (nSPS) is 19.8. The molecule has 1 aromatic rings. The summed E-state index contributed by atoms with van der Waals surface area (Å²) in [6.45, 7) is 4.18. The van der Waals surface area contributed by atoms with Gasteiger partial charge in [-0.2, -0.15) is 0 Å². The van der Waals surface area contributed by atoms with Crippen molar-refractivity contribution in [3.8, 4) is 5.75 Å². The van der Waals surface area contributed by atoms with Crippen LogP contribution in [0.1, 0.15) is 50.5 Å². The number of rotatable bonds is 6. The summed E-state index contributed by atoms with van der Waals surface area (Å²) >= 11 is 0. The molecule has 1 aliphatic heterocycles. The summed E-state index contributed by atoms with van der Waals surface area (Å²) in [4.78, 5) is 12.5. The molecule has 6 heteroatoms. The molecule has 0 spiro atoms. The molecule has 0 aromatic heterocycles. The van der Waals surface area contributed by atoms with Crippen LogP contribution in [0.15, 0.2) is 18.2 Å². The van der Waals surface area contributed by atoms with Crippen molar-refractivity contribution in [2.75, 3.05) is 25.1 Å². The van der Waals surface area contributed by atoms with Crippen molar-refractivity contribution in [2.45, 2.75) is 57.9 Å². The van der Waals surface area contributed by atoms with Gasteiger partial charge in [-0.15, -0.1) is 12.4 Å². The van der Waals surface area contributed by atoms with Crippen molar-refractivity contribution in [1.82, 2.24) is 0 Å². The Kier molecular flexibility index (Phi) is 8.87.